The fraction of sp³-hybridized carbons (Fsp3) is 0.250. The lowest BCUT2D eigenvalue weighted by Crippen LogP contribution is -2.19. The minimum absolute atomic E-state index is 0.128. The monoisotopic (exact) mass is 309 g/mol. The molecule has 0 spiro atoms. The van der Waals surface area contributed by atoms with Gasteiger partial charge in [-0.2, -0.15) is 13.8 Å². The molecule has 0 bridgehead atoms. The van der Waals surface area contributed by atoms with Crippen molar-refractivity contribution in [2.24, 2.45) is 0 Å². The van der Waals surface area contributed by atoms with E-state index in [0.29, 0.717) is 11.7 Å². The second kappa shape index (κ2) is 5.47. The lowest BCUT2D eigenvalue weighted by atomic mass is 10.2. The summed E-state index contributed by atoms with van der Waals surface area (Å²) in [6, 6.07) is 2.70. The zero-order valence-corrected chi connectivity index (χ0v) is 11.2. The van der Waals surface area contributed by atoms with E-state index >= 15 is 0 Å². The summed E-state index contributed by atoms with van der Waals surface area (Å²) in [5, 5.41) is 10.4. The molecule has 22 heavy (non-hydrogen) atoms. The molecule has 0 N–H and O–H groups in total. The average Bonchev–Trinajstić information content (AvgIpc) is 3.10. The highest BCUT2D eigenvalue weighted by Crippen LogP contribution is 2.22. The van der Waals surface area contributed by atoms with E-state index < -0.39 is 17.9 Å². The van der Waals surface area contributed by atoms with Crippen molar-refractivity contribution in [3.05, 3.63) is 46.3 Å². The maximum atomic E-state index is 12.4. The van der Waals surface area contributed by atoms with Gasteiger partial charge in [0, 0.05) is 24.8 Å². The molecule has 3 aromatic rings. The van der Waals surface area contributed by atoms with E-state index in [-0.39, 0.29) is 18.0 Å². The number of hydrogen-bond acceptors (Lipinski definition) is 7. The molecule has 0 radical (unpaired) electrons. The van der Waals surface area contributed by atoms with Gasteiger partial charge in [-0.25, -0.2) is 0 Å². The molecular formula is C12H9F2N5O3. The Morgan fingerprint density at radius 3 is 2.77 bits per heavy atom. The average molecular weight is 309 g/mol. The summed E-state index contributed by atoms with van der Waals surface area (Å²) in [6.45, 7) is 1.76. The summed E-state index contributed by atoms with van der Waals surface area (Å²) in [7, 11) is 0. The first-order chi connectivity index (χ1) is 10.5. The van der Waals surface area contributed by atoms with Gasteiger partial charge in [0.15, 0.2) is 5.82 Å². The highest BCUT2D eigenvalue weighted by molar-refractivity contribution is 5.50. The van der Waals surface area contributed by atoms with Gasteiger partial charge >= 0.3 is 6.43 Å². The van der Waals surface area contributed by atoms with Gasteiger partial charge in [-0.15, -0.1) is 10.2 Å². The van der Waals surface area contributed by atoms with E-state index in [0.717, 1.165) is 0 Å². The van der Waals surface area contributed by atoms with Crippen molar-refractivity contribution >= 4 is 0 Å². The lowest BCUT2D eigenvalue weighted by Gasteiger charge is -2.02. The molecule has 0 unspecified atom stereocenters. The Morgan fingerprint density at radius 2 is 2.18 bits per heavy atom. The van der Waals surface area contributed by atoms with Gasteiger partial charge in [-0.1, -0.05) is 5.16 Å². The Morgan fingerprint density at radius 1 is 1.36 bits per heavy atom. The van der Waals surface area contributed by atoms with Gasteiger partial charge in [0.2, 0.25) is 11.8 Å². The number of alkyl halides is 2. The Hall–Kier alpha value is -2.91. The summed E-state index contributed by atoms with van der Waals surface area (Å²) in [4.78, 5) is 16.0. The van der Waals surface area contributed by atoms with Crippen molar-refractivity contribution in [2.75, 3.05) is 0 Å². The largest absolute Gasteiger partial charge is 0.415 e. The fourth-order valence-corrected chi connectivity index (χ4v) is 1.77. The van der Waals surface area contributed by atoms with Crippen LogP contribution in [0.25, 0.3) is 11.5 Å². The second-order valence-electron chi connectivity index (χ2n) is 4.36. The van der Waals surface area contributed by atoms with Crippen molar-refractivity contribution in [3.8, 4) is 11.5 Å². The Kier molecular flexibility index (Phi) is 3.49. The first-order valence-electron chi connectivity index (χ1n) is 6.14. The molecule has 0 aliphatic rings. The summed E-state index contributed by atoms with van der Waals surface area (Å²) in [6.07, 6.45) is -1.40. The van der Waals surface area contributed by atoms with Crippen LogP contribution in [0.15, 0.2) is 32.1 Å². The van der Waals surface area contributed by atoms with Crippen LogP contribution in [0.2, 0.25) is 0 Å². The summed E-state index contributed by atoms with van der Waals surface area (Å²) in [5.41, 5.74) is -0.137. The molecule has 0 atom stereocenters. The van der Waals surface area contributed by atoms with Crippen LogP contribution >= 0.6 is 0 Å². The van der Waals surface area contributed by atoms with Crippen molar-refractivity contribution < 1.29 is 17.7 Å². The lowest BCUT2D eigenvalue weighted by molar-refractivity contribution is 0.116. The predicted octanol–water partition coefficient (Wildman–Crippen LogP) is 1.58. The number of halogens is 2. The maximum Gasteiger partial charge on any atom is 0.314 e. The number of pyridine rings is 1. The molecule has 114 valence electrons. The third-order valence-corrected chi connectivity index (χ3v) is 2.75. The minimum atomic E-state index is -2.86. The SMILES string of the molecule is Cc1nc(Cn2ccc(-c3nnc(C(F)F)o3)cc2=O)no1. The number of nitrogens with zero attached hydrogens (tertiary/aromatic N) is 5. The minimum Gasteiger partial charge on any atom is -0.415 e. The van der Waals surface area contributed by atoms with E-state index in [9.17, 15) is 13.6 Å². The highest BCUT2D eigenvalue weighted by Gasteiger charge is 2.17. The van der Waals surface area contributed by atoms with Crippen LogP contribution in [0, 0.1) is 6.92 Å². The second-order valence-corrected chi connectivity index (χ2v) is 4.36. The van der Waals surface area contributed by atoms with Gasteiger partial charge in [0.1, 0.15) is 0 Å². The number of aryl methyl sites for hydroxylation is 1. The van der Waals surface area contributed by atoms with Gasteiger partial charge in [0.25, 0.3) is 11.4 Å². The zero-order valence-electron chi connectivity index (χ0n) is 11.2. The first-order valence-corrected chi connectivity index (χ1v) is 6.14. The standard InChI is InChI=1S/C12H9F2N5O3/c1-6-15-8(18-22-6)5-19-3-2-7(4-9(19)20)11-16-17-12(21-11)10(13)14/h2-4,10H,5H2,1H3. The van der Waals surface area contributed by atoms with Gasteiger partial charge < -0.3 is 13.5 Å². The molecule has 3 aromatic heterocycles. The van der Waals surface area contributed by atoms with E-state index in [1.807, 2.05) is 0 Å². The molecule has 10 heteroatoms. The first kappa shape index (κ1) is 14.0. The Bertz CT molecular complexity index is 854. The molecule has 0 aliphatic carbocycles. The third-order valence-electron chi connectivity index (χ3n) is 2.75. The van der Waals surface area contributed by atoms with Gasteiger partial charge in [-0.05, 0) is 6.07 Å². The molecule has 0 saturated heterocycles. The number of aromatic nitrogens is 5. The topological polar surface area (TPSA) is 99.8 Å². The van der Waals surface area contributed by atoms with E-state index in [4.69, 9.17) is 8.94 Å². The Balaban J connectivity index is 1.86. The Labute approximate surface area is 121 Å². The smallest absolute Gasteiger partial charge is 0.314 e. The normalized spacial score (nSPS) is 11.3. The van der Waals surface area contributed by atoms with Crippen LogP contribution in [-0.4, -0.2) is 24.9 Å². The van der Waals surface area contributed by atoms with Crippen LogP contribution in [0.3, 0.4) is 0 Å². The van der Waals surface area contributed by atoms with Gasteiger partial charge in [-0.3, -0.25) is 4.79 Å². The van der Waals surface area contributed by atoms with Crippen LogP contribution < -0.4 is 5.56 Å². The summed E-state index contributed by atoms with van der Waals surface area (Å²) in [5.74, 6) is -0.188. The molecule has 0 fully saturated rings. The van der Waals surface area contributed by atoms with Crippen molar-refractivity contribution in [2.45, 2.75) is 19.9 Å². The predicted molar refractivity (Wildman–Crippen MR) is 67.1 cm³/mol. The summed E-state index contributed by atoms with van der Waals surface area (Å²) < 4.78 is 35.7. The maximum absolute atomic E-state index is 12.4. The van der Waals surface area contributed by atoms with E-state index in [1.165, 1.54) is 22.9 Å². The van der Waals surface area contributed by atoms with Crippen LogP contribution in [0.5, 0.6) is 0 Å². The highest BCUT2D eigenvalue weighted by atomic mass is 19.3. The quantitative estimate of drug-likeness (QED) is 0.721. The van der Waals surface area contributed by atoms with E-state index in [1.54, 1.807) is 6.92 Å². The molecule has 3 heterocycles. The zero-order chi connectivity index (χ0) is 15.7. The number of rotatable bonds is 4. The van der Waals surface area contributed by atoms with Gasteiger partial charge in [0.05, 0.1) is 6.54 Å². The van der Waals surface area contributed by atoms with E-state index in [2.05, 4.69) is 20.3 Å². The third kappa shape index (κ3) is 2.75. The molecular weight excluding hydrogens is 300 g/mol. The fourth-order valence-electron chi connectivity index (χ4n) is 1.77. The van der Waals surface area contributed by atoms with Crippen molar-refractivity contribution in [3.63, 3.8) is 0 Å². The molecule has 0 saturated carbocycles. The molecule has 0 aliphatic heterocycles. The van der Waals surface area contributed by atoms with Crippen LogP contribution in [-0.2, 0) is 6.54 Å². The van der Waals surface area contributed by atoms with Crippen molar-refractivity contribution in [1.29, 1.82) is 0 Å². The molecule has 0 aromatic carbocycles. The van der Waals surface area contributed by atoms with Crippen LogP contribution in [0.4, 0.5) is 8.78 Å². The molecule has 0 amide bonds. The molecule has 3 rings (SSSR count). The molecule has 8 nitrogen and oxygen atoms in total. The summed E-state index contributed by atoms with van der Waals surface area (Å²) >= 11 is 0. The number of hydrogen-bond donors (Lipinski definition) is 0. The van der Waals surface area contributed by atoms with Crippen molar-refractivity contribution in [1.82, 2.24) is 24.9 Å². The van der Waals surface area contributed by atoms with Crippen LogP contribution in [0.1, 0.15) is 24.0 Å².